The molecule has 0 aromatic rings. The van der Waals surface area contributed by atoms with Gasteiger partial charge in [0.25, 0.3) is 0 Å². The molecule has 1 rings (SSSR count). The lowest BCUT2D eigenvalue weighted by molar-refractivity contribution is 0.260. The summed E-state index contributed by atoms with van der Waals surface area (Å²) in [5.41, 5.74) is 1.35. The molecule has 0 spiro atoms. The molecule has 1 aliphatic carbocycles. The second-order valence-corrected chi connectivity index (χ2v) is 7.05. The van der Waals surface area contributed by atoms with Gasteiger partial charge < -0.3 is 5.32 Å². The molecule has 112 valence electrons. The first-order valence-electron chi connectivity index (χ1n) is 8.09. The highest BCUT2D eigenvalue weighted by Crippen LogP contribution is 2.18. The zero-order valence-electron chi connectivity index (χ0n) is 13.5. The summed E-state index contributed by atoms with van der Waals surface area (Å²) in [5, 5.41) is 3.57. The molecule has 1 fully saturated rings. The SMILES string of the molecule is C=C(CNC1CC1)CN(CCC(C)C)CCC(C)C. The van der Waals surface area contributed by atoms with E-state index in [2.05, 4.69) is 44.5 Å². The first-order valence-corrected chi connectivity index (χ1v) is 8.09. The lowest BCUT2D eigenvalue weighted by Crippen LogP contribution is -2.32. The van der Waals surface area contributed by atoms with E-state index in [9.17, 15) is 0 Å². The van der Waals surface area contributed by atoms with Crippen LogP contribution in [0.4, 0.5) is 0 Å². The maximum Gasteiger partial charge on any atom is 0.0202 e. The molecule has 2 heteroatoms. The summed E-state index contributed by atoms with van der Waals surface area (Å²) < 4.78 is 0. The molecule has 0 bridgehead atoms. The standard InChI is InChI=1S/C17H34N2/c1-14(2)8-10-19(11-9-15(3)4)13-16(5)12-18-17-6-7-17/h14-15,17-18H,5-13H2,1-4H3. The smallest absolute Gasteiger partial charge is 0.0202 e. The van der Waals surface area contributed by atoms with Crippen LogP contribution in [0.15, 0.2) is 12.2 Å². The van der Waals surface area contributed by atoms with Crippen molar-refractivity contribution in [2.24, 2.45) is 11.8 Å². The molecular weight excluding hydrogens is 232 g/mol. The maximum atomic E-state index is 4.24. The van der Waals surface area contributed by atoms with Crippen LogP contribution in [0, 0.1) is 11.8 Å². The normalized spacial score (nSPS) is 15.7. The summed E-state index contributed by atoms with van der Waals surface area (Å²) >= 11 is 0. The highest BCUT2D eigenvalue weighted by Gasteiger charge is 2.20. The minimum absolute atomic E-state index is 0.788. The van der Waals surface area contributed by atoms with E-state index in [1.54, 1.807) is 0 Å². The fraction of sp³-hybridized carbons (Fsp3) is 0.882. The van der Waals surface area contributed by atoms with E-state index in [4.69, 9.17) is 0 Å². The number of nitrogens with zero attached hydrogens (tertiary/aromatic N) is 1. The van der Waals surface area contributed by atoms with Gasteiger partial charge in [0.05, 0.1) is 0 Å². The van der Waals surface area contributed by atoms with Crippen LogP contribution in [0.25, 0.3) is 0 Å². The van der Waals surface area contributed by atoms with Gasteiger partial charge in [-0.3, -0.25) is 4.90 Å². The largest absolute Gasteiger partial charge is 0.310 e. The number of rotatable bonds is 11. The Labute approximate surface area is 120 Å². The van der Waals surface area contributed by atoms with E-state index in [1.807, 2.05) is 0 Å². The van der Waals surface area contributed by atoms with Crippen molar-refractivity contribution >= 4 is 0 Å². The van der Waals surface area contributed by atoms with Crippen LogP contribution in [-0.2, 0) is 0 Å². The molecule has 0 saturated heterocycles. The van der Waals surface area contributed by atoms with Crippen molar-refractivity contribution in [1.82, 2.24) is 10.2 Å². The Morgan fingerprint density at radius 1 is 1.11 bits per heavy atom. The molecule has 0 unspecified atom stereocenters. The Hall–Kier alpha value is -0.340. The average Bonchev–Trinajstić information content (AvgIpc) is 3.13. The van der Waals surface area contributed by atoms with Gasteiger partial charge in [-0.25, -0.2) is 0 Å². The molecule has 19 heavy (non-hydrogen) atoms. The molecule has 0 radical (unpaired) electrons. The first kappa shape index (κ1) is 16.7. The Bertz CT molecular complexity index is 242. The average molecular weight is 266 g/mol. The summed E-state index contributed by atoms with van der Waals surface area (Å²) in [6.07, 6.45) is 5.30. The fourth-order valence-electron chi connectivity index (χ4n) is 2.10. The Kier molecular flexibility index (Phi) is 7.70. The van der Waals surface area contributed by atoms with Gasteiger partial charge in [-0.2, -0.15) is 0 Å². The van der Waals surface area contributed by atoms with E-state index in [0.717, 1.165) is 31.0 Å². The van der Waals surface area contributed by atoms with Gasteiger partial charge in [0.2, 0.25) is 0 Å². The molecule has 0 amide bonds. The van der Waals surface area contributed by atoms with Crippen LogP contribution in [0.2, 0.25) is 0 Å². The van der Waals surface area contributed by atoms with Gasteiger partial charge in [0, 0.05) is 19.1 Å². The molecule has 1 aliphatic rings. The van der Waals surface area contributed by atoms with Crippen molar-refractivity contribution in [1.29, 1.82) is 0 Å². The molecular formula is C17H34N2. The Morgan fingerprint density at radius 2 is 1.63 bits per heavy atom. The predicted molar refractivity (Wildman–Crippen MR) is 85.5 cm³/mol. The lowest BCUT2D eigenvalue weighted by atomic mass is 10.1. The quantitative estimate of drug-likeness (QED) is 0.574. The van der Waals surface area contributed by atoms with Gasteiger partial charge in [-0.15, -0.1) is 0 Å². The molecule has 1 saturated carbocycles. The highest BCUT2D eigenvalue weighted by molar-refractivity contribution is 5.01. The van der Waals surface area contributed by atoms with Crippen LogP contribution in [0.1, 0.15) is 53.4 Å². The topological polar surface area (TPSA) is 15.3 Å². The van der Waals surface area contributed by atoms with Crippen molar-refractivity contribution in [3.8, 4) is 0 Å². The van der Waals surface area contributed by atoms with E-state index >= 15 is 0 Å². The molecule has 0 atom stereocenters. The summed E-state index contributed by atoms with van der Waals surface area (Å²) in [7, 11) is 0. The zero-order valence-corrected chi connectivity index (χ0v) is 13.5. The van der Waals surface area contributed by atoms with Crippen molar-refractivity contribution < 1.29 is 0 Å². The molecule has 0 aliphatic heterocycles. The molecule has 1 N–H and O–H groups in total. The fourth-order valence-corrected chi connectivity index (χ4v) is 2.10. The monoisotopic (exact) mass is 266 g/mol. The highest BCUT2D eigenvalue weighted by atomic mass is 15.1. The first-order chi connectivity index (χ1) is 8.97. The molecule has 0 aromatic carbocycles. The second kappa shape index (κ2) is 8.76. The van der Waals surface area contributed by atoms with E-state index in [0.29, 0.717) is 0 Å². The number of hydrogen-bond donors (Lipinski definition) is 1. The zero-order chi connectivity index (χ0) is 14.3. The van der Waals surface area contributed by atoms with E-state index < -0.39 is 0 Å². The summed E-state index contributed by atoms with van der Waals surface area (Å²) in [6.45, 7) is 18.0. The van der Waals surface area contributed by atoms with Gasteiger partial charge >= 0.3 is 0 Å². The van der Waals surface area contributed by atoms with Crippen LogP contribution < -0.4 is 5.32 Å². The van der Waals surface area contributed by atoms with Crippen molar-refractivity contribution in [2.45, 2.75) is 59.4 Å². The Balaban J connectivity index is 2.25. The van der Waals surface area contributed by atoms with Crippen LogP contribution in [0.5, 0.6) is 0 Å². The number of nitrogens with one attached hydrogen (secondary N) is 1. The summed E-state index contributed by atoms with van der Waals surface area (Å²) in [6, 6.07) is 0.788. The van der Waals surface area contributed by atoms with E-state index in [-0.39, 0.29) is 0 Å². The van der Waals surface area contributed by atoms with Gasteiger partial charge in [0.1, 0.15) is 0 Å². The van der Waals surface area contributed by atoms with Crippen molar-refractivity contribution in [3.63, 3.8) is 0 Å². The summed E-state index contributed by atoms with van der Waals surface area (Å²) in [5.74, 6) is 1.58. The lowest BCUT2D eigenvalue weighted by Gasteiger charge is -2.25. The summed E-state index contributed by atoms with van der Waals surface area (Å²) in [4.78, 5) is 2.59. The van der Waals surface area contributed by atoms with Crippen LogP contribution in [-0.4, -0.2) is 37.1 Å². The minimum Gasteiger partial charge on any atom is -0.310 e. The molecule has 0 heterocycles. The van der Waals surface area contributed by atoms with E-state index in [1.165, 1.54) is 44.3 Å². The second-order valence-electron chi connectivity index (χ2n) is 7.05. The molecule has 2 nitrogen and oxygen atoms in total. The van der Waals surface area contributed by atoms with Crippen molar-refractivity contribution in [2.75, 3.05) is 26.2 Å². The molecule has 0 aromatic heterocycles. The van der Waals surface area contributed by atoms with Crippen LogP contribution >= 0.6 is 0 Å². The third kappa shape index (κ3) is 9.23. The number of hydrogen-bond acceptors (Lipinski definition) is 2. The predicted octanol–water partition coefficient (Wildman–Crippen LogP) is 3.69. The Morgan fingerprint density at radius 3 is 2.05 bits per heavy atom. The van der Waals surface area contributed by atoms with Gasteiger partial charge in [0.15, 0.2) is 0 Å². The minimum atomic E-state index is 0.788. The third-order valence-electron chi connectivity index (χ3n) is 3.71. The van der Waals surface area contributed by atoms with Gasteiger partial charge in [-0.05, 0) is 56.2 Å². The third-order valence-corrected chi connectivity index (χ3v) is 3.71. The van der Waals surface area contributed by atoms with Gasteiger partial charge in [-0.1, -0.05) is 34.3 Å². The van der Waals surface area contributed by atoms with Crippen LogP contribution in [0.3, 0.4) is 0 Å². The maximum absolute atomic E-state index is 4.24. The van der Waals surface area contributed by atoms with Crippen molar-refractivity contribution in [3.05, 3.63) is 12.2 Å².